The van der Waals surface area contributed by atoms with E-state index in [4.69, 9.17) is 0 Å². The second-order valence-electron chi connectivity index (χ2n) is 4.74. The highest BCUT2D eigenvalue weighted by atomic mass is 32.2. The first-order valence-electron chi connectivity index (χ1n) is 6.67. The van der Waals surface area contributed by atoms with Gasteiger partial charge in [-0.25, -0.2) is 0 Å². The van der Waals surface area contributed by atoms with Gasteiger partial charge in [-0.1, -0.05) is 48.5 Å². The summed E-state index contributed by atoms with van der Waals surface area (Å²) in [6.07, 6.45) is 0. The first-order valence-corrected chi connectivity index (χ1v) is 7.66. The van der Waals surface area contributed by atoms with Gasteiger partial charge >= 0.3 is 0 Å². The highest BCUT2D eigenvalue weighted by Crippen LogP contribution is 2.27. The van der Waals surface area contributed by atoms with Crippen LogP contribution < -0.4 is 5.32 Å². The van der Waals surface area contributed by atoms with Crippen molar-refractivity contribution in [3.63, 3.8) is 0 Å². The standard InChI is InChI=1S/C17H19NOS/c1-13-8-6-7-11-17(13)20-12-16(18-14(2)19)15-9-4-3-5-10-15/h3-11,16H,12H2,1-2H3,(H,18,19). The van der Waals surface area contributed by atoms with Crippen molar-refractivity contribution in [2.24, 2.45) is 0 Å². The first kappa shape index (κ1) is 14.7. The molecule has 0 saturated carbocycles. The molecular weight excluding hydrogens is 266 g/mol. The van der Waals surface area contributed by atoms with Crippen LogP contribution in [0.4, 0.5) is 0 Å². The fourth-order valence-corrected chi connectivity index (χ4v) is 3.14. The number of aryl methyl sites for hydroxylation is 1. The van der Waals surface area contributed by atoms with Crippen molar-refractivity contribution in [3.8, 4) is 0 Å². The predicted molar refractivity (Wildman–Crippen MR) is 84.9 cm³/mol. The summed E-state index contributed by atoms with van der Waals surface area (Å²) in [6.45, 7) is 3.67. The van der Waals surface area contributed by atoms with E-state index < -0.39 is 0 Å². The predicted octanol–water partition coefficient (Wildman–Crippen LogP) is 3.96. The minimum atomic E-state index is 0.00392. The van der Waals surface area contributed by atoms with E-state index in [0.29, 0.717) is 0 Å². The Morgan fingerprint density at radius 1 is 1.10 bits per heavy atom. The van der Waals surface area contributed by atoms with E-state index in [2.05, 4.69) is 36.5 Å². The molecule has 0 bridgehead atoms. The van der Waals surface area contributed by atoms with Crippen LogP contribution in [0.15, 0.2) is 59.5 Å². The second-order valence-corrected chi connectivity index (χ2v) is 5.80. The Kier molecular flexibility index (Phi) is 5.24. The topological polar surface area (TPSA) is 29.1 Å². The number of nitrogens with one attached hydrogen (secondary N) is 1. The zero-order valence-electron chi connectivity index (χ0n) is 11.8. The quantitative estimate of drug-likeness (QED) is 0.842. The van der Waals surface area contributed by atoms with Gasteiger partial charge in [0.2, 0.25) is 5.91 Å². The molecule has 1 atom stereocenters. The molecular formula is C17H19NOS. The van der Waals surface area contributed by atoms with Crippen LogP contribution in [0.25, 0.3) is 0 Å². The summed E-state index contributed by atoms with van der Waals surface area (Å²) in [5.74, 6) is 0.832. The number of carbonyl (C=O) groups is 1. The smallest absolute Gasteiger partial charge is 0.217 e. The number of benzene rings is 2. The molecule has 2 aromatic rings. The number of hydrogen-bond donors (Lipinski definition) is 1. The molecule has 20 heavy (non-hydrogen) atoms. The van der Waals surface area contributed by atoms with Crippen molar-refractivity contribution >= 4 is 17.7 Å². The van der Waals surface area contributed by atoms with Gasteiger partial charge in [0.05, 0.1) is 6.04 Å². The summed E-state index contributed by atoms with van der Waals surface area (Å²) in [7, 11) is 0. The SMILES string of the molecule is CC(=O)NC(CSc1ccccc1C)c1ccccc1. The molecule has 3 heteroatoms. The lowest BCUT2D eigenvalue weighted by Crippen LogP contribution is -2.27. The second kappa shape index (κ2) is 7.15. The van der Waals surface area contributed by atoms with E-state index in [0.717, 1.165) is 11.3 Å². The molecule has 0 heterocycles. The van der Waals surface area contributed by atoms with Gasteiger partial charge < -0.3 is 5.32 Å². The molecule has 0 radical (unpaired) electrons. The molecule has 2 aromatic carbocycles. The lowest BCUT2D eigenvalue weighted by Gasteiger charge is -2.18. The summed E-state index contributed by atoms with van der Waals surface area (Å²) in [6, 6.07) is 18.5. The fraction of sp³-hybridized carbons (Fsp3) is 0.235. The molecule has 0 aliphatic heterocycles. The zero-order chi connectivity index (χ0) is 14.4. The minimum Gasteiger partial charge on any atom is -0.349 e. The van der Waals surface area contributed by atoms with Crippen LogP contribution in [-0.2, 0) is 4.79 Å². The largest absolute Gasteiger partial charge is 0.349 e. The maximum atomic E-state index is 11.4. The summed E-state index contributed by atoms with van der Waals surface area (Å²) in [5.41, 5.74) is 2.41. The maximum Gasteiger partial charge on any atom is 0.217 e. The number of thioether (sulfide) groups is 1. The lowest BCUT2D eigenvalue weighted by molar-refractivity contribution is -0.119. The van der Waals surface area contributed by atoms with Crippen LogP contribution in [0.2, 0.25) is 0 Å². The third kappa shape index (κ3) is 4.14. The van der Waals surface area contributed by atoms with Crippen LogP contribution in [0.1, 0.15) is 24.1 Å². The van der Waals surface area contributed by atoms with Gasteiger partial charge in [-0.3, -0.25) is 4.79 Å². The van der Waals surface area contributed by atoms with Gasteiger partial charge in [0.1, 0.15) is 0 Å². The third-order valence-electron chi connectivity index (χ3n) is 3.08. The van der Waals surface area contributed by atoms with Gasteiger partial charge in [-0.15, -0.1) is 11.8 Å². The Labute approximate surface area is 124 Å². The summed E-state index contributed by atoms with van der Waals surface area (Å²) < 4.78 is 0. The normalized spacial score (nSPS) is 11.9. The number of amides is 1. The Hall–Kier alpha value is -1.74. The number of carbonyl (C=O) groups excluding carboxylic acids is 1. The summed E-state index contributed by atoms with van der Waals surface area (Å²) >= 11 is 1.78. The molecule has 104 valence electrons. The Morgan fingerprint density at radius 3 is 2.40 bits per heavy atom. The first-order chi connectivity index (χ1) is 9.66. The van der Waals surface area contributed by atoms with Crippen LogP contribution in [0.5, 0.6) is 0 Å². The van der Waals surface area contributed by atoms with Crippen LogP contribution in [0.3, 0.4) is 0 Å². The highest BCUT2D eigenvalue weighted by molar-refractivity contribution is 7.99. The van der Waals surface area contributed by atoms with Crippen LogP contribution >= 0.6 is 11.8 Å². The van der Waals surface area contributed by atoms with E-state index >= 15 is 0 Å². The molecule has 0 spiro atoms. The third-order valence-corrected chi connectivity index (χ3v) is 4.35. The number of hydrogen-bond acceptors (Lipinski definition) is 2. The molecule has 0 aromatic heterocycles. The summed E-state index contributed by atoms with van der Waals surface area (Å²) in [4.78, 5) is 12.6. The summed E-state index contributed by atoms with van der Waals surface area (Å²) in [5, 5.41) is 3.03. The van der Waals surface area contributed by atoms with E-state index in [1.54, 1.807) is 18.7 Å². The minimum absolute atomic E-state index is 0.00392. The molecule has 0 fully saturated rings. The average Bonchev–Trinajstić information content (AvgIpc) is 2.45. The van der Waals surface area contributed by atoms with E-state index in [-0.39, 0.29) is 11.9 Å². The molecule has 0 saturated heterocycles. The average molecular weight is 285 g/mol. The fourth-order valence-electron chi connectivity index (χ4n) is 2.04. The molecule has 1 N–H and O–H groups in total. The van der Waals surface area contributed by atoms with Crippen molar-refractivity contribution in [1.82, 2.24) is 5.32 Å². The zero-order valence-corrected chi connectivity index (χ0v) is 12.6. The van der Waals surface area contributed by atoms with Gasteiger partial charge in [0.25, 0.3) is 0 Å². The Morgan fingerprint density at radius 2 is 1.75 bits per heavy atom. The van der Waals surface area contributed by atoms with Crippen molar-refractivity contribution in [2.75, 3.05) is 5.75 Å². The van der Waals surface area contributed by atoms with Crippen molar-refractivity contribution in [3.05, 3.63) is 65.7 Å². The van der Waals surface area contributed by atoms with Crippen LogP contribution in [-0.4, -0.2) is 11.7 Å². The monoisotopic (exact) mass is 285 g/mol. The van der Waals surface area contributed by atoms with Gasteiger partial charge in [-0.2, -0.15) is 0 Å². The van der Waals surface area contributed by atoms with Crippen molar-refractivity contribution in [2.45, 2.75) is 24.8 Å². The molecule has 0 aliphatic carbocycles. The van der Waals surface area contributed by atoms with E-state index in [9.17, 15) is 4.79 Å². The molecule has 0 aliphatic rings. The number of rotatable bonds is 5. The highest BCUT2D eigenvalue weighted by Gasteiger charge is 2.13. The van der Waals surface area contributed by atoms with Crippen molar-refractivity contribution < 1.29 is 4.79 Å². The Bertz CT molecular complexity index is 568. The van der Waals surface area contributed by atoms with Gasteiger partial charge in [0, 0.05) is 17.6 Å². The Balaban J connectivity index is 2.09. The lowest BCUT2D eigenvalue weighted by atomic mass is 10.1. The van der Waals surface area contributed by atoms with Crippen molar-refractivity contribution in [1.29, 1.82) is 0 Å². The van der Waals surface area contributed by atoms with E-state index in [1.807, 2.05) is 30.3 Å². The molecule has 1 amide bonds. The molecule has 1 unspecified atom stereocenters. The van der Waals surface area contributed by atoms with Gasteiger partial charge in [-0.05, 0) is 24.1 Å². The maximum absolute atomic E-state index is 11.4. The molecule has 2 nitrogen and oxygen atoms in total. The van der Waals surface area contributed by atoms with E-state index in [1.165, 1.54) is 10.5 Å². The van der Waals surface area contributed by atoms with Crippen LogP contribution in [0, 0.1) is 6.92 Å². The van der Waals surface area contributed by atoms with Gasteiger partial charge in [0.15, 0.2) is 0 Å². The molecule has 2 rings (SSSR count).